The fraction of sp³-hybridized carbons (Fsp3) is 0.222. The summed E-state index contributed by atoms with van der Waals surface area (Å²) in [5.74, 6) is 0. The number of hydrogen-bond acceptors (Lipinski definition) is 2. The summed E-state index contributed by atoms with van der Waals surface area (Å²) in [7, 11) is 3.75. The van der Waals surface area contributed by atoms with E-state index in [0.717, 1.165) is 5.69 Å². The van der Waals surface area contributed by atoms with Gasteiger partial charge in [0, 0.05) is 5.69 Å². The van der Waals surface area contributed by atoms with E-state index in [9.17, 15) is 0 Å². The molecule has 0 fully saturated rings. The molecule has 0 aliphatic rings. The Hall–Kier alpha value is -1.13. The highest BCUT2D eigenvalue weighted by atomic mass is 32.1. The molecule has 13 heavy (non-hydrogen) atoms. The summed E-state index contributed by atoms with van der Waals surface area (Å²) in [6.07, 6.45) is 0. The molecule has 0 aromatic heterocycles. The Morgan fingerprint density at radius 3 is 2.08 bits per heavy atom. The fourth-order valence-electron chi connectivity index (χ4n) is 0.664. The highest BCUT2D eigenvalue weighted by molar-refractivity contribution is 7.80. The number of para-hydroxylation sites is 1. The predicted octanol–water partition coefficient (Wildman–Crippen LogP) is 1.18. The van der Waals surface area contributed by atoms with Crippen LogP contribution in [0.1, 0.15) is 0 Å². The van der Waals surface area contributed by atoms with Crippen LogP contribution < -0.4 is 16.4 Å². The van der Waals surface area contributed by atoms with Gasteiger partial charge in [0.05, 0.1) is 0 Å². The Morgan fingerprint density at radius 1 is 1.23 bits per heavy atom. The van der Waals surface area contributed by atoms with Gasteiger partial charge in [0.2, 0.25) is 0 Å². The van der Waals surface area contributed by atoms with Crippen LogP contribution in [0.15, 0.2) is 30.3 Å². The van der Waals surface area contributed by atoms with Crippen LogP contribution in [-0.4, -0.2) is 19.2 Å². The maximum absolute atomic E-state index is 5.24. The van der Waals surface area contributed by atoms with Gasteiger partial charge in [0.1, 0.15) is 0 Å². The average molecular weight is 197 g/mol. The number of hydrogen-bond donors (Lipinski definition) is 3. The molecule has 1 aromatic carbocycles. The van der Waals surface area contributed by atoms with E-state index < -0.39 is 0 Å². The van der Waals surface area contributed by atoms with Gasteiger partial charge >= 0.3 is 0 Å². The number of nitrogens with one attached hydrogen (secondary N) is 2. The number of rotatable bonds is 1. The monoisotopic (exact) mass is 197 g/mol. The predicted molar refractivity (Wildman–Crippen MR) is 61.8 cm³/mol. The zero-order valence-corrected chi connectivity index (χ0v) is 8.69. The van der Waals surface area contributed by atoms with Crippen LogP contribution >= 0.6 is 12.2 Å². The van der Waals surface area contributed by atoms with Crippen molar-refractivity contribution in [3.05, 3.63) is 30.3 Å². The fourth-order valence-corrected chi connectivity index (χ4v) is 0.782. The van der Waals surface area contributed by atoms with Crippen LogP contribution in [0.4, 0.5) is 5.69 Å². The minimum Gasteiger partial charge on any atom is -0.376 e. The van der Waals surface area contributed by atoms with Crippen LogP contribution in [0, 0.1) is 0 Å². The summed E-state index contributed by atoms with van der Waals surface area (Å²) in [6, 6.07) is 9.57. The second kappa shape index (κ2) is 7.52. The third-order valence-electron chi connectivity index (χ3n) is 1.04. The quantitative estimate of drug-likeness (QED) is 0.592. The Labute approximate surface area is 84.3 Å². The molecule has 0 amide bonds. The molecule has 3 nitrogen and oxygen atoms in total. The molecule has 0 bridgehead atoms. The molecular weight excluding hydrogens is 182 g/mol. The second-order valence-electron chi connectivity index (χ2n) is 2.36. The number of nitrogens with two attached hydrogens (primary N) is 1. The zero-order valence-electron chi connectivity index (χ0n) is 7.87. The first-order valence-corrected chi connectivity index (χ1v) is 4.31. The van der Waals surface area contributed by atoms with Gasteiger partial charge in [-0.2, -0.15) is 0 Å². The first-order valence-electron chi connectivity index (χ1n) is 3.90. The van der Waals surface area contributed by atoms with E-state index in [2.05, 4.69) is 22.9 Å². The standard InChI is InChI=1S/C7H8N2S.C2H7N/c8-7(10)9-6-4-2-1-3-5-6;1-3-2/h1-5H,(H3,8,9,10);3H,1-2H3. The Kier molecular flexibility index (Phi) is 6.86. The molecule has 0 saturated carbocycles. The molecule has 0 radical (unpaired) electrons. The zero-order chi connectivity index (χ0) is 10.1. The van der Waals surface area contributed by atoms with Gasteiger partial charge in [-0.05, 0) is 38.4 Å². The lowest BCUT2D eigenvalue weighted by Gasteiger charge is -2.00. The molecule has 72 valence electrons. The van der Waals surface area contributed by atoms with Crippen molar-refractivity contribution in [2.24, 2.45) is 5.73 Å². The van der Waals surface area contributed by atoms with Crippen molar-refractivity contribution in [2.75, 3.05) is 19.4 Å². The van der Waals surface area contributed by atoms with Crippen molar-refractivity contribution in [3.8, 4) is 0 Å². The van der Waals surface area contributed by atoms with Crippen LogP contribution in [0.3, 0.4) is 0 Å². The van der Waals surface area contributed by atoms with Gasteiger partial charge in [-0.15, -0.1) is 0 Å². The molecule has 0 heterocycles. The molecular formula is C9H15N3S. The van der Waals surface area contributed by atoms with E-state index in [1.807, 2.05) is 44.4 Å². The molecule has 0 aliphatic carbocycles. The first-order chi connectivity index (χ1) is 6.20. The van der Waals surface area contributed by atoms with Gasteiger partial charge in [-0.25, -0.2) is 0 Å². The Bertz CT molecular complexity index is 236. The third-order valence-corrected chi connectivity index (χ3v) is 1.14. The minimum atomic E-state index is 0.297. The van der Waals surface area contributed by atoms with Crippen molar-refractivity contribution in [1.29, 1.82) is 0 Å². The van der Waals surface area contributed by atoms with Gasteiger partial charge in [-0.1, -0.05) is 18.2 Å². The van der Waals surface area contributed by atoms with E-state index in [0.29, 0.717) is 5.11 Å². The molecule has 0 unspecified atom stereocenters. The SMILES string of the molecule is CNC.NC(=S)Nc1ccccc1. The van der Waals surface area contributed by atoms with Crippen LogP contribution in [0.5, 0.6) is 0 Å². The highest BCUT2D eigenvalue weighted by Crippen LogP contribution is 2.03. The van der Waals surface area contributed by atoms with Crippen molar-refractivity contribution >= 4 is 23.0 Å². The van der Waals surface area contributed by atoms with E-state index >= 15 is 0 Å². The minimum absolute atomic E-state index is 0.297. The van der Waals surface area contributed by atoms with Gasteiger partial charge in [0.25, 0.3) is 0 Å². The average Bonchev–Trinajstić information content (AvgIpc) is 2.06. The topological polar surface area (TPSA) is 50.1 Å². The van der Waals surface area contributed by atoms with E-state index in [1.54, 1.807) is 0 Å². The summed E-state index contributed by atoms with van der Waals surface area (Å²) in [5.41, 5.74) is 6.17. The normalized spacial score (nSPS) is 8.15. The van der Waals surface area contributed by atoms with E-state index in [4.69, 9.17) is 5.73 Å². The lowest BCUT2D eigenvalue weighted by molar-refractivity contribution is 1.02. The van der Waals surface area contributed by atoms with Crippen LogP contribution in [0.2, 0.25) is 0 Å². The Balaban J connectivity index is 0.000000424. The van der Waals surface area contributed by atoms with Crippen molar-refractivity contribution < 1.29 is 0 Å². The van der Waals surface area contributed by atoms with Gasteiger partial charge in [-0.3, -0.25) is 0 Å². The van der Waals surface area contributed by atoms with Crippen molar-refractivity contribution in [3.63, 3.8) is 0 Å². The number of benzene rings is 1. The maximum Gasteiger partial charge on any atom is 0.168 e. The lowest BCUT2D eigenvalue weighted by atomic mass is 10.3. The second-order valence-corrected chi connectivity index (χ2v) is 2.80. The van der Waals surface area contributed by atoms with Crippen LogP contribution in [0.25, 0.3) is 0 Å². The lowest BCUT2D eigenvalue weighted by Crippen LogP contribution is -2.18. The summed E-state index contributed by atoms with van der Waals surface area (Å²) >= 11 is 4.64. The number of thiocarbonyl (C=S) groups is 1. The largest absolute Gasteiger partial charge is 0.376 e. The summed E-state index contributed by atoms with van der Waals surface area (Å²) in [4.78, 5) is 0. The van der Waals surface area contributed by atoms with Gasteiger partial charge in [0.15, 0.2) is 5.11 Å². The Morgan fingerprint density at radius 2 is 1.69 bits per heavy atom. The summed E-state index contributed by atoms with van der Waals surface area (Å²) in [6.45, 7) is 0. The highest BCUT2D eigenvalue weighted by Gasteiger charge is 1.87. The molecule has 0 aliphatic heterocycles. The molecule has 1 rings (SSSR count). The van der Waals surface area contributed by atoms with Crippen LogP contribution in [-0.2, 0) is 0 Å². The van der Waals surface area contributed by atoms with E-state index in [-0.39, 0.29) is 0 Å². The molecule has 0 spiro atoms. The summed E-state index contributed by atoms with van der Waals surface area (Å²) < 4.78 is 0. The molecule has 1 aromatic rings. The van der Waals surface area contributed by atoms with Crippen molar-refractivity contribution in [1.82, 2.24) is 5.32 Å². The van der Waals surface area contributed by atoms with Gasteiger partial charge < -0.3 is 16.4 Å². The first kappa shape index (κ1) is 11.9. The maximum atomic E-state index is 5.24. The van der Waals surface area contributed by atoms with E-state index in [1.165, 1.54) is 0 Å². The molecule has 4 N–H and O–H groups in total. The smallest absolute Gasteiger partial charge is 0.168 e. The summed E-state index contributed by atoms with van der Waals surface area (Å²) in [5, 5.41) is 5.86. The molecule has 4 heteroatoms. The van der Waals surface area contributed by atoms with Crippen molar-refractivity contribution in [2.45, 2.75) is 0 Å². The molecule has 0 saturated heterocycles. The third kappa shape index (κ3) is 7.24. The number of anilines is 1. The molecule has 0 atom stereocenters.